The zero-order valence-corrected chi connectivity index (χ0v) is 13.4. The maximum absolute atomic E-state index is 12.3. The van der Waals surface area contributed by atoms with Crippen LogP contribution in [0.3, 0.4) is 0 Å². The van der Waals surface area contributed by atoms with Crippen molar-refractivity contribution < 1.29 is 4.79 Å². The molecule has 0 aliphatic heterocycles. The second-order valence-electron chi connectivity index (χ2n) is 6.00. The van der Waals surface area contributed by atoms with E-state index in [9.17, 15) is 4.79 Å². The van der Waals surface area contributed by atoms with Crippen molar-refractivity contribution in [2.45, 2.75) is 64.3 Å². The van der Waals surface area contributed by atoms with Crippen LogP contribution in [-0.4, -0.2) is 11.9 Å². The van der Waals surface area contributed by atoms with E-state index in [-0.39, 0.29) is 5.91 Å². The van der Waals surface area contributed by atoms with Gasteiger partial charge in [0.15, 0.2) is 0 Å². The first-order valence-corrected chi connectivity index (χ1v) is 7.95. The minimum atomic E-state index is -0.587. The van der Waals surface area contributed by atoms with E-state index in [1.54, 1.807) is 0 Å². The standard InChI is InChI=1S/C17H24ClNO/c1-11-9-13(3)15(10-12(11)2)16(18)17(20)19-14-7-5-4-6-8-14/h9-10,14,16H,4-8H2,1-3H3,(H,19,20). The number of benzene rings is 1. The number of nitrogens with one attached hydrogen (secondary N) is 1. The SMILES string of the molecule is Cc1cc(C)c(C(Cl)C(=O)NC2CCCCC2)cc1C. The number of carbonyl (C=O) groups excluding carboxylic acids is 1. The molecular weight excluding hydrogens is 270 g/mol. The molecule has 1 saturated carbocycles. The Bertz CT molecular complexity index is 492. The van der Waals surface area contributed by atoms with Gasteiger partial charge < -0.3 is 5.32 Å². The van der Waals surface area contributed by atoms with Gasteiger partial charge in [-0.25, -0.2) is 0 Å². The number of halogens is 1. The molecule has 0 saturated heterocycles. The van der Waals surface area contributed by atoms with Crippen molar-refractivity contribution >= 4 is 17.5 Å². The van der Waals surface area contributed by atoms with E-state index >= 15 is 0 Å². The van der Waals surface area contributed by atoms with Crippen LogP contribution in [0, 0.1) is 20.8 Å². The summed E-state index contributed by atoms with van der Waals surface area (Å²) in [5.41, 5.74) is 4.44. The summed E-state index contributed by atoms with van der Waals surface area (Å²) in [4.78, 5) is 12.3. The summed E-state index contributed by atoms with van der Waals surface area (Å²) in [7, 11) is 0. The van der Waals surface area contributed by atoms with Crippen LogP contribution in [0.15, 0.2) is 12.1 Å². The van der Waals surface area contributed by atoms with Crippen molar-refractivity contribution in [2.24, 2.45) is 0 Å². The van der Waals surface area contributed by atoms with Gasteiger partial charge in [-0.05, 0) is 55.9 Å². The number of alkyl halides is 1. The molecule has 1 unspecified atom stereocenters. The number of carbonyl (C=O) groups is 1. The van der Waals surface area contributed by atoms with Crippen molar-refractivity contribution in [3.63, 3.8) is 0 Å². The van der Waals surface area contributed by atoms with Crippen LogP contribution in [0.1, 0.15) is 59.7 Å². The highest BCUT2D eigenvalue weighted by Gasteiger charge is 2.23. The average molecular weight is 294 g/mol. The first-order chi connectivity index (χ1) is 9.49. The molecular formula is C17H24ClNO. The average Bonchev–Trinajstić information content (AvgIpc) is 2.43. The lowest BCUT2D eigenvalue weighted by Gasteiger charge is -2.24. The molecule has 20 heavy (non-hydrogen) atoms. The molecule has 0 heterocycles. The monoisotopic (exact) mass is 293 g/mol. The Morgan fingerprint density at radius 2 is 1.70 bits per heavy atom. The number of hydrogen-bond donors (Lipinski definition) is 1. The molecule has 0 aromatic heterocycles. The number of amides is 1. The zero-order chi connectivity index (χ0) is 14.7. The molecule has 1 aromatic rings. The predicted molar refractivity (Wildman–Crippen MR) is 84.3 cm³/mol. The summed E-state index contributed by atoms with van der Waals surface area (Å²) in [6.07, 6.45) is 5.87. The molecule has 1 amide bonds. The van der Waals surface area contributed by atoms with Gasteiger partial charge in [0.05, 0.1) is 0 Å². The molecule has 1 atom stereocenters. The first kappa shape index (κ1) is 15.4. The highest BCUT2D eigenvalue weighted by Crippen LogP contribution is 2.27. The number of aryl methyl sites for hydroxylation is 3. The maximum Gasteiger partial charge on any atom is 0.242 e. The van der Waals surface area contributed by atoms with E-state index in [4.69, 9.17) is 11.6 Å². The Balaban J connectivity index is 2.08. The third-order valence-electron chi connectivity index (χ3n) is 4.34. The third-order valence-corrected chi connectivity index (χ3v) is 4.77. The fraction of sp³-hybridized carbons (Fsp3) is 0.588. The second kappa shape index (κ2) is 6.62. The Morgan fingerprint density at radius 3 is 2.35 bits per heavy atom. The van der Waals surface area contributed by atoms with Gasteiger partial charge in [0.2, 0.25) is 5.91 Å². The highest BCUT2D eigenvalue weighted by molar-refractivity contribution is 6.30. The highest BCUT2D eigenvalue weighted by atomic mass is 35.5. The van der Waals surface area contributed by atoms with Crippen molar-refractivity contribution in [1.29, 1.82) is 0 Å². The molecule has 1 aliphatic rings. The lowest BCUT2D eigenvalue weighted by molar-refractivity contribution is -0.121. The van der Waals surface area contributed by atoms with Crippen LogP contribution in [0.4, 0.5) is 0 Å². The lowest BCUT2D eigenvalue weighted by atomic mass is 9.94. The molecule has 0 bridgehead atoms. The van der Waals surface area contributed by atoms with Gasteiger partial charge in [0.1, 0.15) is 5.38 Å². The van der Waals surface area contributed by atoms with Crippen LogP contribution in [0.25, 0.3) is 0 Å². The summed E-state index contributed by atoms with van der Waals surface area (Å²) < 4.78 is 0. The van der Waals surface area contributed by atoms with E-state index in [1.165, 1.54) is 30.4 Å². The Kier molecular flexibility index (Phi) is 5.09. The largest absolute Gasteiger partial charge is 0.352 e. The minimum absolute atomic E-state index is 0.0510. The third kappa shape index (κ3) is 3.54. The molecule has 2 rings (SSSR count). The summed E-state index contributed by atoms with van der Waals surface area (Å²) >= 11 is 6.39. The van der Waals surface area contributed by atoms with Gasteiger partial charge in [-0.3, -0.25) is 4.79 Å². The molecule has 2 nitrogen and oxygen atoms in total. The Labute approximate surface area is 126 Å². The van der Waals surface area contributed by atoms with Crippen LogP contribution < -0.4 is 5.32 Å². The molecule has 1 aliphatic carbocycles. The van der Waals surface area contributed by atoms with Gasteiger partial charge in [-0.2, -0.15) is 0 Å². The van der Waals surface area contributed by atoms with E-state index in [0.717, 1.165) is 24.0 Å². The first-order valence-electron chi connectivity index (χ1n) is 7.51. The van der Waals surface area contributed by atoms with Gasteiger partial charge in [-0.15, -0.1) is 11.6 Å². The van der Waals surface area contributed by atoms with E-state index in [2.05, 4.69) is 25.2 Å². The summed E-state index contributed by atoms with van der Waals surface area (Å²) in [5, 5.41) is 2.52. The van der Waals surface area contributed by atoms with Crippen molar-refractivity contribution in [1.82, 2.24) is 5.32 Å². The van der Waals surface area contributed by atoms with Gasteiger partial charge in [0.25, 0.3) is 0 Å². The molecule has 1 fully saturated rings. The van der Waals surface area contributed by atoms with E-state index < -0.39 is 5.38 Å². The fourth-order valence-electron chi connectivity index (χ4n) is 2.92. The van der Waals surface area contributed by atoms with Crippen LogP contribution in [-0.2, 0) is 4.79 Å². The van der Waals surface area contributed by atoms with E-state index in [0.29, 0.717) is 6.04 Å². The molecule has 0 radical (unpaired) electrons. The summed E-state index contributed by atoms with van der Waals surface area (Å²) in [5.74, 6) is -0.0510. The van der Waals surface area contributed by atoms with Crippen molar-refractivity contribution in [2.75, 3.05) is 0 Å². The van der Waals surface area contributed by atoms with Crippen molar-refractivity contribution in [3.8, 4) is 0 Å². The fourth-order valence-corrected chi connectivity index (χ4v) is 3.22. The van der Waals surface area contributed by atoms with Crippen LogP contribution >= 0.6 is 11.6 Å². The molecule has 0 spiro atoms. The van der Waals surface area contributed by atoms with Crippen LogP contribution in [0.2, 0.25) is 0 Å². The Morgan fingerprint density at radius 1 is 1.10 bits per heavy atom. The van der Waals surface area contributed by atoms with Gasteiger partial charge in [0, 0.05) is 6.04 Å². The second-order valence-corrected chi connectivity index (χ2v) is 6.44. The normalized spacial score (nSPS) is 17.8. The zero-order valence-electron chi connectivity index (χ0n) is 12.6. The minimum Gasteiger partial charge on any atom is -0.352 e. The topological polar surface area (TPSA) is 29.1 Å². The molecule has 1 aromatic carbocycles. The lowest BCUT2D eigenvalue weighted by Crippen LogP contribution is -2.38. The Hall–Kier alpha value is -1.02. The van der Waals surface area contributed by atoms with Gasteiger partial charge in [-0.1, -0.05) is 31.4 Å². The molecule has 110 valence electrons. The number of rotatable bonds is 3. The number of hydrogen-bond acceptors (Lipinski definition) is 1. The van der Waals surface area contributed by atoms with Gasteiger partial charge >= 0.3 is 0 Å². The molecule has 1 N–H and O–H groups in total. The van der Waals surface area contributed by atoms with Crippen molar-refractivity contribution in [3.05, 3.63) is 34.4 Å². The predicted octanol–water partition coefficient (Wildman–Crippen LogP) is 4.34. The quantitative estimate of drug-likeness (QED) is 0.825. The molecule has 3 heteroatoms. The maximum atomic E-state index is 12.3. The summed E-state index contributed by atoms with van der Waals surface area (Å²) in [6.45, 7) is 6.16. The summed E-state index contributed by atoms with van der Waals surface area (Å²) in [6, 6.07) is 4.46. The van der Waals surface area contributed by atoms with E-state index in [1.807, 2.05) is 13.0 Å². The smallest absolute Gasteiger partial charge is 0.242 e. The van der Waals surface area contributed by atoms with Crippen LogP contribution in [0.5, 0.6) is 0 Å².